The standard InChI is InChI=1S/C19H21BO2/c1-18(2)19(3,4)22-20(21-18)17-13-11-16(12-14-17)10-9-15-7-5-6-8-15/h5-7,11-14H,8H2,1-4H3. The molecule has 1 fully saturated rings. The molecule has 0 bridgehead atoms. The summed E-state index contributed by atoms with van der Waals surface area (Å²) in [5, 5.41) is 0. The smallest absolute Gasteiger partial charge is 0.399 e. The van der Waals surface area contributed by atoms with Crippen LogP contribution in [0.1, 0.15) is 39.7 Å². The minimum Gasteiger partial charge on any atom is -0.399 e. The Morgan fingerprint density at radius 1 is 0.955 bits per heavy atom. The molecule has 3 heteroatoms. The summed E-state index contributed by atoms with van der Waals surface area (Å²) in [6, 6.07) is 8.12. The molecule has 1 heterocycles. The quantitative estimate of drug-likeness (QED) is 0.584. The van der Waals surface area contributed by atoms with Gasteiger partial charge in [-0.05, 0) is 51.7 Å². The van der Waals surface area contributed by atoms with Crippen LogP contribution >= 0.6 is 0 Å². The molecule has 1 aromatic carbocycles. The lowest BCUT2D eigenvalue weighted by Gasteiger charge is -2.32. The van der Waals surface area contributed by atoms with Crippen molar-refractivity contribution in [3.05, 3.63) is 53.6 Å². The highest BCUT2D eigenvalue weighted by Gasteiger charge is 2.51. The Kier molecular flexibility index (Phi) is 3.76. The molecule has 0 spiro atoms. The lowest BCUT2D eigenvalue weighted by molar-refractivity contribution is 0.00578. The van der Waals surface area contributed by atoms with Crippen molar-refractivity contribution < 1.29 is 9.31 Å². The fourth-order valence-electron chi connectivity index (χ4n) is 2.40. The summed E-state index contributed by atoms with van der Waals surface area (Å²) in [7, 11) is -0.311. The molecule has 112 valence electrons. The van der Waals surface area contributed by atoms with Crippen molar-refractivity contribution in [3.8, 4) is 11.8 Å². The molecular weight excluding hydrogens is 271 g/mol. The van der Waals surface area contributed by atoms with E-state index in [1.165, 1.54) is 0 Å². The van der Waals surface area contributed by atoms with Crippen LogP contribution in [-0.4, -0.2) is 18.3 Å². The van der Waals surface area contributed by atoms with Crippen LogP contribution in [0.5, 0.6) is 0 Å². The van der Waals surface area contributed by atoms with E-state index in [1.54, 1.807) is 0 Å². The molecule has 2 nitrogen and oxygen atoms in total. The van der Waals surface area contributed by atoms with Gasteiger partial charge in [-0.2, -0.15) is 0 Å². The van der Waals surface area contributed by atoms with E-state index in [2.05, 4.69) is 51.7 Å². The lowest BCUT2D eigenvalue weighted by Crippen LogP contribution is -2.41. The maximum atomic E-state index is 6.06. The van der Waals surface area contributed by atoms with Crippen molar-refractivity contribution in [2.75, 3.05) is 0 Å². The molecule has 22 heavy (non-hydrogen) atoms. The van der Waals surface area contributed by atoms with Crippen LogP contribution in [0.25, 0.3) is 0 Å². The van der Waals surface area contributed by atoms with Crippen molar-refractivity contribution in [3.63, 3.8) is 0 Å². The summed E-state index contributed by atoms with van der Waals surface area (Å²) < 4.78 is 12.1. The highest BCUT2D eigenvalue weighted by molar-refractivity contribution is 6.62. The summed E-state index contributed by atoms with van der Waals surface area (Å²) in [5.41, 5.74) is 2.59. The number of hydrogen-bond acceptors (Lipinski definition) is 2. The van der Waals surface area contributed by atoms with Crippen molar-refractivity contribution in [2.24, 2.45) is 0 Å². The minimum atomic E-state index is -0.311. The molecule has 1 aliphatic carbocycles. The molecule has 1 aromatic rings. The van der Waals surface area contributed by atoms with E-state index in [0.29, 0.717) is 0 Å². The fourth-order valence-corrected chi connectivity index (χ4v) is 2.40. The van der Waals surface area contributed by atoms with Gasteiger partial charge in [-0.15, -0.1) is 0 Å². The molecule has 1 saturated heterocycles. The fraction of sp³-hybridized carbons (Fsp3) is 0.368. The second kappa shape index (κ2) is 5.46. The van der Waals surface area contributed by atoms with Crippen LogP contribution in [0.2, 0.25) is 0 Å². The Labute approximate surface area is 133 Å². The van der Waals surface area contributed by atoms with E-state index in [-0.39, 0.29) is 18.3 Å². The molecule has 0 amide bonds. The molecule has 3 rings (SSSR count). The van der Waals surface area contributed by atoms with Crippen LogP contribution in [0.15, 0.2) is 48.1 Å². The zero-order valence-corrected chi connectivity index (χ0v) is 13.6. The predicted octanol–water partition coefficient (Wildman–Crippen LogP) is 3.22. The monoisotopic (exact) mass is 292 g/mol. The van der Waals surface area contributed by atoms with Crippen LogP contribution in [0.3, 0.4) is 0 Å². The summed E-state index contributed by atoms with van der Waals surface area (Å²) in [6.45, 7) is 8.26. The van der Waals surface area contributed by atoms with Gasteiger partial charge in [-0.25, -0.2) is 0 Å². The van der Waals surface area contributed by atoms with E-state index >= 15 is 0 Å². The molecule has 0 radical (unpaired) electrons. The molecule has 0 saturated carbocycles. The van der Waals surface area contributed by atoms with Crippen molar-refractivity contribution in [1.82, 2.24) is 0 Å². The molecule has 0 unspecified atom stereocenters. The maximum Gasteiger partial charge on any atom is 0.494 e. The Balaban J connectivity index is 1.73. The number of allylic oxidation sites excluding steroid dienone is 4. The third kappa shape index (κ3) is 2.90. The Bertz CT molecular complexity index is 668. The summed E-state index contributed by atoms with van der Waals surface area (Å²) in [5.74, 6) is 6.40. The number of hydrogen-bond donors (Lipinski definition) is 0. The van der Waals surface area contributed by atoms with Crippen LogP contribution < -0.4 is 5.46 Å². The third-order valence-corrected chi connectivity index (χ3v) is 4.57. The molecule has 0 aromatic heterocycles. The average molecular weight is 292 g/mol. The molecule has 1 aliphatic heterocycles. The first-order chi connectivity index (χ1) is 10.4. The second-order valence-electron chi connectivity index (χ2n) is 6.78. The van der Waals surface area contributed by atoms with Crippen LogP contribution in [-0.2, 0) is 9.31 Å². The molecule has 2 aliphatic rings. The van der Waals surface area contributed by atoms with E-state index in [1.807, 2.05) is 30.3 Å². The van der Waals surface area contributed by atoms with Crippen LogP contribution in [0, 0.1) is 11.8 Å². The Hall–Kier alpha value is -1.76. The SMILES string of the molecule is CC1(C)OB(c2ccc(C#CC3=CC=CC3)cc2)OC1(C)C. The Morgan fingerprint density at radius 2 is 1.59 bits per heavy atom. The largest absolute Gasteiger partial charge is 0.494 e. The van der Waals surface area contributed by atoms with E-state index in [0.717, 1.165) is 23.0 Å². The summed E-state index contributed by atoms with van der Waals surface area (Å²) in [4.78, 5) is 0. The minimum absolute atomic E-state index is 0.307. The number of benzene rings is 1. The van der Waals surface area contributed by atoms with Crippen molar-refractivity contribution in [2.45, 2.75) is 45.3 Å². The van der Waals surface area contributed by atoms with E-state index in [9.17, 15) is 0 Å². The normalized spacial score (nSPS) is 21.5. The molecular formula is C19H21BO2. The van der Waals surface area contributed by atoms with E-state index < -0.39 is 0 Å². The second-order valence-corrected chi connectivity index (χ2v) is 6.78. The van der Waals surface area contributed by atoms with Gasteiger partial charge < -0.3 is 9.31 Å². The van der Waals surface area contributed by atoms with Crippen molar-refractivity contribution in [1.29, 1.82) is 0 Å². The Morgan fingerprint density at radius 3 is 2.14 bits per heavy atom. The predicted molar refractivity (Wildman–Crippen MR) is 90.9 cm³/mol. The lowest BCUT2D eigenvalue weighted by atomic mass is 9.79. The first-order valence-corrected chi connectivity index (χ1v) is 7.71. The zero-order chi connectivity index (χ0) is 15.8. The first kappa shape index (κ1) is 15.2. The summed E-state index contributed by atoms with van der Waals surface area (Å²) in [6.07, 6.45) is 7.17. The number of rotatable bonds is 1. The van der Waals surface area contributed by atoms with Crippen LogP contribution in [0.4, 0.5) is 0 Å². The molecule has 0 atom stereocenters. The zero-order valence-electron chi connectivity index (χ0n) is 13.6. The van der Waals surface area contributed by atoms with Gasteiger partial charge in [0.1, 0.15) is 0 Å². The average Bonchev–Trinajstić information content (AvgIpc) is 3.04. The van der Waals surface area contributed by atoms with Gasteiger partial charge in [0.2, 0.25) is 0 Å². The van der Waals surface area contributed by atoms with E-state index in [4.69, 9.17) is 9.31 Å². The van der Waals surface area contributed by atoms with Gasteiger partial charge in [-0.1, -0.05) is 42.2 Å². The highest BCUT2D eigenvalue weighted by Crippen LogP contribution is 2.36. The van der Waals surface area contributed by atoms with Gasteiger partial charge in [-0.3, -0.25) is 0 Å². The first-order valence-electron chi connectivity index (χ1n) is 7.71. The van der Waals surface area contributed by atoms with Gasteiger partial charge in [0.05, 0.1) is 11.2 Å². The van der Waals surface area contributed by atoms with Gasteiger partial charge >= 0.3 is 7.12 Å². The van der Waals surface area contributed by atoms with Gasteiger partial charge in [0.25, 0.3) is 0 Å². The topological polar surface area (TPSA) is 18.5 Å². The third-order valence-electron chi connectivity index (χ3n) is 4.57. The summed E-state index contributed by atoms with van der Waals surface area (Å²) >= 11 is 0. The molecule has 0 N–H and O–H groups in total. The maximum absolute atomic E-state index is 6.06. The van der Waals surface area contributed by atoms with Gasteiger partial charge in [0, 0.05) is 11.1 Å². The highest BCUT2D eigenvalue weighted by atomic mass is 16.7. The van der Waals surface area contributed by atoms with Crippen molar-refractivity contribution >= 4 is 12.6 Å². The van der Waals surface area contributed by atoms with Gasteiger partial charge in [0.15, 0.2) is 0 Å².